The molecule has 3 N–H and O–H groups in total. The van der Waals surface area contributed by atoms with Gasteiger partial charge in [-0.2, -0.15) is 4.98 Å². The molecular formula is C24H27N5O4. The van der Waals surface area contributed by atoms with Gasteiger partial charge < -0.3 is 25.0 Å². The molecule has 2 bridgehead atoms. The quantitative estimate of drug-likeness (QED) is 0.582. The average Bonchev–Trinajstić information content (AvgIpc) is 2.82. The topological polar surface area (TPSA) is 124 Å². The molecule has 2 aliphatic heterocycles. The highest BCUT2D eigenvalue weighted by Crippen LogP contribution is 2.43. The number of piperidine rings is 1. The number of carbonyl (C=O) groups is 1. The Morgan fingerprint density at radius 1 is 1.21 bits per heavy atom. The number of hydrogen-bond donors (Lipinski definition) is 2. The van der Waals surface area contributed by atoms with Gasteiger partial charge in [-0.3, -0.25) is 9.59 Å². The van der Waals surface area contributed by atoms with Crippen molar-refractivity contribution in [3.05, 3.63) is 76.3 Å². The molecule has 0 spiro atoms. The molecule has 0 aliphatic carbocycles. The highest BCUT2D eigenvalue weighted by atomic mass is 16.5. The van der Waals surface area contributed by atoms with E-state index in [9.17, 15) is 4.79 Å². The number of ether oxygens (including phenoxy) is 1. The summed E-state index contributed by atoms with van der Waals surface area (Å²) in [6.45, 7) is 1.34. The zero-order valence-electron chi connectivity index (χ0n) is 18.4. The summed E-state index contributed by atoms with van der Waals surface area (Å²) in [4.78, 5) is 32.4. The van der Waals surface area contributed by atoms with Crippen molar-refractivity contribution in [2.75, 3.05) is 30.8 Å². The van der Waals surface area contributed by atoms with Crippen LogP contribution < -0.4 is 20.9 Å². The van der Waals surface area contributed by atoms with Crippen LogP contribution in [0.4, 0.5) is 11.8 Å². The first-order valence-electron chi connectivity index (χ1n) is 10.8. The van der Waals surface area contributed by atoms with E-state index in [1.54, 1.807) is 25.4 Å². The molecule has 4 heterocycles. The zero-order valence-corrected chi connectivity index (χ0v) is 18.4. The van der Waals surface area contributed by atoms with Gasteiger partial charge in [-0.1, -0.05) is 18.2 Å². The van der Waals surface area contributed by atoms with Crippen molar-refractivity contribution >= 4 is 18.2 Å². The maximum Gasteiger partial charge on any atom is 0.290 e. The summed E-state index contributed by atoms with van der Waals surface area (Å²) in [7, 11) is 1.68. The number of hydrogen-bond acceptors (Lipinski definition) is 7. The van der Waals surface area contributed by atoms with Crippen LogP contribution in [0.1, 0.15) is 29.6 Å². The lowest BCUT2D eigenvalue weighted by molar-refractivity contribution is -0.122. The normalized spacial score (nSPS) is 20.8. The van der Waals surface area contributed by atoms with E-state index in [4.69, 9.17) is 20.4 Å². The van der Waals surface area contributed by atoms with Gasteiger partial charge in [0.25, 0.3) is 12.0 Å². The van der Waals surface area contributed by atoms with Crippen LogP contribution in [0.15, 0.2) is 59.5 Å². The molecule has 1 aromatic carbocycles. The molecule has 33 heavy (non-hydrogen) atoms. The highest BCUT2D eigenvalue weighted by molar-refractivity contribution is 5.40. The van der Waals surface area contributed by atoms with Gasteiger partial charge in [0.15, 0.2) is 0 Å². The Morgan fingerprint density at radius 2 is 2.00 bits per heavy atom. The van der Waals surface area contributed by atoms with E-state index in [1.165, 1.54) is 0 Å². The molecule has 172 valence electrons. The number of pyridine rings is 1. The molecule has 2 aliphatic rings. The fourth-order valence-electron chi connectivity index (χ4n) is 5.02. The molecule has 2 aromatic heterocycles. The predicted molar refractivity (Wildman–Crippen MR) is 125 cm³/mol. The molecular weight excluding hydrogens is 422 g/mol. The molecule has 9 nitrogen and oxygen atoms in total. The number of benzene rings is 1. The largest absolute Gasteiger partial charge is 0.497 e. The second-order valence-corrected chi connectivity index (χ2v) is 8.27. The molecule has 0 saturated carbocycles. The molecule has 1 saturated heterocycles. The molecule has 3 aromatic rings. The van der Waals surface area contributed by atoms with Gasteiger partial charge in [-0.15, -0.1) is 0 Å². The summed E-state index contributed by atoms with van der Waals surface area (Å²) in [5.74, 6) is 2.55. The minimum absolute atomic E-state index is 0.0703. The maximum atomic E-state index is 12.9. The molecule has 9 heteroatoms. The summed E-state index contributed by atoms with van der Waals surface area (Å²) in [6, 6.07) is 15.5. The summed E-state index contributed by atoms with van der Waals surface area (Å²) in [5.41, 5.74) is 8.23. The van der Waals surface area contributed by atoms with Gasteiger partial charge in [-0.05, 0) is 48.6 Å². The van der Waals surface area contributed by atoms with E-state index in [0.29, 0.717) is 17.7 Å². The monoisotopic (exact) mass is 449 g/mol. The van der Waals surface area contributed by atoms with Gasteiger partial charge in [0.05, 0.1) is 7.11 Å². The number of methoxy groups -OCH3 is 1. The van der Waals surface area contributed by atoms with Crippen LogP contribution in [-0.4, -0.2) is 46.3 Å². The van der Waals surface area contributed by atoms with Crippen molar-refractivity contribution in [2.24, 2.45) is 5.92 Å². The Bertz CT molecular complexity index is 1180. The van der Waals surface area contributed by atoms with Crippen LogP contribution in [0, 0.1) is 5.92 Å². The second-order valence-electron chi connectivity index (χ2n) is 8.27. The van der Waals surface area contributed by atoms with Gasteiger partial charge >= 0.3 is 0 Å². The van der Waals surface area contributed by atoms with Crippen molar-refractivity contribution < 1.29 is 14.6 Å². The van der Waals surface area contributed by atoms with E-state index < -0.39 is 0 Å². The minimum atomic E-state index is -0.250. The van der Waals surface area contributed by atoms with Crippen molar-refractivity contribution in [3.8, 4) is 5.75 Å². The van der Waals surface area contributed by atoms with Gasteiger partial charge in [0.2, 0.25) is 5.95 Å². The molecule has 0 radical (unpaired) electrons. The van der Waals surface area contributed by atoms with Gasteiger partial charge in [0, 0.05) is 43.0 Å². The lowest BCUT2D eigenvalue weighted by atomic mass is 9.76. The fraction of sp³-hybridized carbons (Fsp3) is 0.333. The van der Waals surface area contributed by atoms with Crippen LogP contribution in [0.25, 0.3) is 0 Å². The number of fused-ring (bicyclic) bond motifs is 4. The number of aromatic nitrogens is 3. The molecule has 1 fully saturated rings. The Labute approximate surface area is 191 Å². The van der Waals surface area contributed by atoms with E-state index in [2.05, 4.69) is 33.1 Å². The average molecular weight is 450 g/mol. The smallest absolute Gasteiger partial charge is 0.290 e. The number of anilines is 2. The summed E-state index contributed by atoms with van der Waals surface area (Å²) in [6.07, 6.45) is 3.53. The van der Waals surface area contributed by atoms with E-state index >= 15 is 0 Å². The van der Waals surface area contributed by atoms with Crippen LogP contribution in [0.3, 0.4) is 0 Å². The van der Waals surface area contributed by atoms with E-state index in [0.717, 1.165) is 42.9 Å². The summed E-state index contributed by atoms with van der Waals surface area (Å²) >= 11 is 0. The predicted octanol–water partition coefficient (Wildman–Crippen LogP) is 2.34. The van der Waals surface area contributed by atoms with E-state index in [-0.39, 0.29) is 24.0 Å². The maximum absolute atomic E-state index is 12.9. The Kier molecular flexibility index (Phi) is 6.58. The molecule has 0 amide bonds. The number of nitrogen functional groups attached to an aromatic ring is 1. The van der Waals surface area contributed by atoms with Crippen molar-refractivity contribution in [3.63, 3.8) is 0 Å². The first-order valence-corrected chi connectivity index (χ1v) is 10.8. The number of rotatable bonds is 4. The van der Waals surface area contributed by atoms with Gasteiger partial charge in [-0.25, -0.2) is 4.98 Å². The van der Waals surface area contributed by atoms with Crippen LogP contribution in [0.2, 0.25) is 0 Å². The lowest BCUT2D eigenvalue weighted by Crippen LogP contribution is -2.50. The van der Waals surface area contributed by atoms with E-state index in [1.807, 2.05) is 22.8 Å². The Balaban J connectivity index is 0.000000821. The molecule has 0 unspecified atom stereocenters. The third-order valence-electron chi connectivity index (χ3n) is 6.32. The zero-order chi connectivity index (χ0) is 23.4. The van der Waals surface area contributed by atoms with Crippen molar-refractivity contribution in [1.82, 2.24) is 14.5 Å². The first kappa shape index (κ1) is 22.3. The number of nitrogens with two attached hydrogens (primary N) is 1. The van der Waals surface area contributed by atoms with Crippen LogP contribution in [-0.2, 0) is 11.2 Å². The number of carboxylic acid groups (broad SMARTS) is 1. The molecule has 5 rings (SSSR count). The Morgan fingerprint density at radius 3 is 2.76 bits per heavy atom. The molecule has 3 atom stereocenters. The minimum Gasteiger partial charge on any atom is -0.497 e. The third-order valence-corrected chi connectivity index (χ3v) is 6.32. The summed E-state index contributed by atoms with van der Waals surface area (Å²) in [5, 5.41) is 6.89. The van der Waals surface area contributed by atoms with Crippen LogP contribution in [0.5, 0.6) is 5.75 Å². The van der Waals surface area contributed by atoms with Crippen molar-refractivity contribution in [2.45, 2.75) is 24.8 Å². The number of nitrogens with zero attached hydrogens (tertiary/aromatic N) is 4. The first-order chi connectivity index (χ1) is 16.0. The highest BCUT2D eigenvalue weighted by Gasteiger charge is 2.41. The standard InChI is InChI=1S/C23H25N5O2.CH2O2/c1-30-18-5-2-4-15(10-18)11-20-17-12-16(19-6-3-7-22(29)28(19)20)13-27(14-17)23-25-9-8-21(24)26-23;2-1-3/h2-10,16-17,20H,11-14H2,1H3,(H2,24,25,26);1H,(H,2,3)/t16-,17+,20+;/m1./s1. The third kappa shape index (κ3) is 4.67. The SMILES string of the molecule is COc1cccc(C[C@H]2[C@H]3C[C@H](CN(c4nccc(N)n4)C3)c3cccc(=O)n32)c1.O=CO. The second kappa shape index (κ2) is 9.72. The Hall–Kier alpha value is -3.88. The van der Waals surface area contributed by atoms with Gasteiger partial charge in [0.1, 0.15) is 11.6 Å². The van der Waals surface area contributed by atoms with Crippen LogP contribution >= 0.6 is 0 Å². The summed E-state index contributed by atoms with van der Waals surface area (Å²) < 4.78 is 7.42. The fourth-order valence-corrected chi connectivity index (χ4v) is 5.02. The van der Waals surface area contributed by atoms with Crippen molar-refractivity contribution in [1.29, 1.82) is 0 Å². The lowest BCUT2D eigenvalue weighted by Gasteiger charge is -2.47.